The van der Waals surface area contributed by atoms with Gasteiger partial charge in [0.05, 0.1) is 0 Å². The largest absolute Gasteiger partial charge is 0.419 e. The topological polar surface area (TPSA) is 99.4 Å². The quantitative estimate of drug-likeness (QED) is 0.361. The van der Waals surface area contributed by atoms with Crippen LogP contribution in [0, 0.1) is 11.3 Å². The van der Waals surface area contributed by atoms with Gasteiger partial charge in [-0.1, -0.05) is 59.8 Å². The average molecular weight is 476 g/mol. The lowest BCUT2D eigenvalue weighted by Gasteiger charge is -2.34. The lowest BCUT2D eigenvalue weighted by molar-refractivity contribution is 0.0735. The molecule has 0 N–H and O–H groups in total. The van der Waals surface area contributed by atoms with Crippen LogP contribution in [0.25, 0.3) is 33.6 Å². The zero-order chi connectivity index (χ0) is 24.5. The minimum Gasteiger partial charge on any atom is -0.419 e. The van der Waals surface area contributed by atoms with Gasteiger partial charge in [0, 0.05) is 43.4 Å². The summed E-state index contributed by atoms with van der Waals surface area (Å²) in [4.78, 5) is 21.1. The smallest absolute Gasteiger partial charge is 0.276 e. The standard InChI is InChI=1S/C28H21N5O3/c29-18-24-28(35-26(30-24)20-7-2-1-3-8-20)33-14-12-32(13-15-33)27(34)23-17-25(36-31-23)22-11-10-19-6-4-5-9-21(19)16-22/h1-11,16-17H,12-15H2. The van der Waals surface area contributed by atoms with E-state index < -0.39 is 0 Å². The lowest BCUT2D eigenvalue weighted by atomic mass is 10.1. The van der Waals surface area contributed by atoms with Crippen molar-refractivity contribution in [1.29, 1.82) is 5.26 Å². The lowest BCUT2D eigenvalue weighted by Crippen LogP contribution is -2.49. The minimum atomic E-state index is -0.187. The van der Waals surface area contributed by atoms with Crippen molar-refractivity contribution in [3.05, 3.63) is 90.3 Å². The predicted molar refractivity (Wildman–Crippen MR) is 134 cm³/mol. The van der Waals surface area contributed by atoms with Gasteiger partial charge in [0.2, 0.25) is 17.5 Å². The number of fused-ring (bicyclic) bond motifs is 1. The van der Waals surface area contributed by atoms with E-state index in [0.717, 1.165) is 21.9 Å². The van der Waals surface area contributed by atoms with Crippen LogP contribution >= 0.6 is 0 Å². The third kappa shape index (κ3) is 3.97. The maximum Gasteiger partial charge on any atom is 0.276 e. The van der Waals surface area contributed by atoms with Gasteiger partial charge in [-0.15, -0.1) is 0 Å². The van der Waals surface area contributed by atoms with E-state index in [2.05, 4.69) is 22.3 Å². The monoisotopic (exact) mass is 475 g/mol. The summed E-state index contributed by atoms with van der Waals surface area (Å²) >= 11 is 0. The van der Waals surface area contributed by atoms with Crippen molar-refractivity contribution in [1.82, 2.24) is 15.0 Å². The molecule has 0 bridgehead atoms. The second-order valence-electron chi connectivity index (χ2n) is 8.57. The molecule has 0 atom stereocenters. The number of hydrogen-bond donors (Lipinski definition) is 0. The third-order valence-corrected chi connectivity index (χ3v) is 6.35. The van der Waals surface area contributed by atoms with Crippen LogP contribution in [0.5, 0.6) is 0 Å². The molecule has 1 amide bonds. The first-order chi connectivity index (χ1) is 17.7. The molecule has 0 aliphatic carbocycles. The first kappa shape index (κ1) is 21.6. The average Bonchev–Trinajstić information content (AvgIpc) is 3.61. The maximum atomic E-state index is 13.1. The van der Waals surface area contributed by atoms with Crippen LogP contribution in [0.3, 0.4) is 0 Å². The van der Waals surface area contributed by atoms with Crippen LogP contribution in [0.4, 0.5) is 5.88 Å². The summed E-state index contributed by atoms with van der Waals surface area (Å²) in [6.07, 6.45) is 0. The van der Waals surface area contributed by atoms with E-state index in [1.54, 1.807) is 11.0 Å². The Labute approximate surface area is 207 Å². The molecule has 1 fully saturated rings. The van der Waals surface area contributed by atoms with Crippen LogP contribution in [-0.2, 0) is 0 Å². The van der Waals surface area contributed by atoms with Crippen LogP contribution in [-0.4, -0.2) is 47.1 Å². The molecule has 1 aliphatic heterocycles. The highest BCUT2D eigenvalue weighted by molar-refractivity contribution is 5.94. The molecule has 1 saturated heterocycles. The fraction of sp³-hybridized carbons (Fsp3) is 0.143. The van der Waals surface area contributed by atoms with E-state index in [1.165, 1.54) is 0 Å². The molecule has 0 spiro atoms. The summed E-state index contributed by atoms with van der Waals surface area (Å²) in [7, 11) is 0. The normalized spacial score (nSPS) is 13.6. The number of hydrogen-bond acceptors (Lipinski definition) is 7. The molecule has 6 rings (SSSR count). The van der Waals surface area contributed by atoms with Crippen molar-refractivity contribution >= 4 is 22.6 Å². The number of piperazine rings is 1. The van der Waals surface area contributed by atoms with Gasteiger partial charge in [-0.3, -0.25) is 4.79 Å². The summed E-state index contributed by atoms with van der Waals surface area (Å²) < 4.78 is 11.5. The van der Waals surface area contributed by atoms with Crippen LogP contribution in [0.1, 0.15) is 16.2 Å². The summed E-state index contributed by atoms with van der Waals surface area (Å²) in [5.41, 5.74) is 2.19. The Hall–Kier alpha value is -4.90. The number of nitrogens with zero attached hydrogens (tertiary/aromatic N) is 5. The van der Waals surface area contributed by atoms with Crippen LogP contribution in [0.2, 0.25) is 0 Å². The van der Waals surface area contributed by atoms with Gasteiger partial charge >= 0.3 is 0 Å². The van der Waals surface area contributed by atoms with Crippen LogP contribution < -0.4 is 4.90 Å². The van der Waals surface area contributed by atoms with E-state index in [4.69, 9.17) is 8.94 Å². The maximum absolute atomic E-state index is 13.1. The van der Waals surface area contributed by atoms with Crippen molar-refractivity contribution in [2.75, 3.05) is 31.1 Å². The van der Waals surface area contributed by atoms with Gasteiger partial charge in [0.1, 0.15) is 6.07 Å². The molecule has 176 valence electrons. The number of benzene rings is 3. The van der Waals surface area contributed by atoms with Gasteiger partial charge in [-0.25, -0.2) is 0 Å². The number of amides is 1. The Morgan fingerprint density at radius 1 is 0.861 bits per heavy atom. The number of carbonyl (C=O) groups is 1. The summed E-state index contributed by atoms with van der Waals surface area (Å²) in [5.74, 6) is 1.21. The van der Waals surface area contributed by atoms with E-state index in [0.29, 0.717) is 43.7 Å². The Bertz CT molecular complexity index is 1590. The minimum absolute atomic E-state index is 0.187. The molecule has 36 heavy (non-hydrogen) atoms. The van der Waals surface area contributed by atoms with Crippen molar-refractivity contribution in [2.24, 2.45) is 0 Å². The summed E-state index contributed by atoms with van der Waals surface area (Å²) in [5, 5.41) is 15.8. The number of anilines is 1. The molecule has 5 aromatic rings. The third-order valence-electron chi connectivity index (χ3n) is 6.35. The van der Waals surface area contributed by atoms with Crippen molar-refractivity contribution in [3.63, 3.8) is 0 Å². The Kier molecular flexibility index (Phi) is 5.43. The highest BCUT2D eigenvalue weighted by Crippen LogP contribution is 2.29. The molecule has 3 heterocycles. The molecule has 2 aromatic heterocycles. The molecule has 8 heteroatoms. The second-order valence-corrected chi connectivity index (χ2v) is 8.57. The SMILES string of the molecule is N#Cc1nc(-c2ccccc2)oc1N1CCN(C(=O)c2cc(-c3ccc4ccccc4c3)on2)CC1. The van der Waals surface area contributed by atoms with Gasteiger partial charge < -0.3 is 18.7 Å². The Morgan fingerprint density at radius 3 is 2.39 bits per heavy atom. The molecule has 0 unspecified atom stereocenters. The fourth-order valence-electron chi connectivity index (χ4n) is 4.43. The molecule has 0 radical (unpaired) electrons. The first-order valence-corrected chi connectivity index (χ1v) is 11.7. The summed E-state index contributed by atoms with van der Waals surface area (Å²) in [6.45, 7) is 1.95. The van der Waals surface area contributed by atoms with Crippen molar-refractivity contribution in [3.8, 4) is 28.8 Å². The predicted octanol–water partition coefficient (Wildman–Crippen LogP) is 4.98. The van der Waals surface area contributed by atoms with E-state index in [-0.39, 0.29) is 17.3 Å². The van der Waals surface area contributed by atoms with Crippen molar-refractivity contribution < 1.29 is 13.7 Å². The van der Waals surface area contributed by atoms with E-state index >= 15 is 0 Å². The molecule has 0 saturated carbocycles. The van der Waals surface area contributed by atoms with Crippen LogP contribution in [0.15, 0.2) is 87.8 Å². The second kappa shape index (κ2) is 9.04. The molecule has 3 aromatic carbocycles. The number of oxazole rings is 1. The Balaban J connectivity index is 1.15. The number of rotatable bonds is 4. The van der Waals surface area contributed by atoms with Gasteiger partial charge in [0.15, 0.2) is 11.5 Å². The number of carbonyl (C=O) groups excluding carboxylic acids is 1. The molecular weight excluding hydrogens is 454 g/mol. The molecular formula is C28H21N5O3. The van der Waals surface area contributed by atoms with Gasteiger partial charge in [-0.05, 0) is 29.0 Å². The fourth-order valence-corrected chi connectivity index (χ4v) is 4.43. The van der Waals surface area contributed by atoms with Gasteiger partial charge in [0.25, 0.3) is 5.91 Å². The molecule has 1 aliphatic rings. The zero-order valence-corrected chi connectivity index (χ0v) is 19.3. The molecule has 8 nitrogen and oxygen atoms in total. The van der Waals surface area contributed by atoms with E-state index in [9.17, 15) is 10.1 Å². The first-order valence-electron chi connectivity index (χ1n) is 11.7. The van der Waals surface area contributed by atoms with Crippen molar-refractivity contribution in [2.45, 2.75) is 0 Å². The number of nitriles is 1. The number of aromatic nitrogens is 2. The zero-order valence-electron chi connectivity index (χ0n) is 19.3. The Morgan fingerprint density at radius 2 is 1.61 bits per heavy atom. The summed E-state index contributed by atoms with van der Waals surface area (Å²) in [6, 6.07) is 27.4. The van der Waals surface area contributed by atoms with E-state index in [1.807, 2.05) is 71.6 Å². The highest BCUT2D eigenvalue weighted by atomic mass is 16.5. The highest BCUT2D eigenvalue weighted by Gasteiger charge is 2.28. The van der Waals surface area contributed by atoms with Gasteiger partial charge in [-0.2, -0.15) is 10.2 Å².